The fourth-order valence-corrected chi connectivity index (χ4v) is 6.96. The van der Waals surface area contributed by atoms with Gasteiger partial charge >= 0.3 is 12.1 Å². The maximum atomic E-state index is 12.0. The van der Waals surface area contributed by atoms with Gasteiger partial charge in [-0.1, -0.05) is 25.6 Å². The fraction of sp³-hybridized carbons (Fsp3) is 0.447. The number of aryl methyl sites for hydroxylation is 3. The highest BCUT2D eigenvalue weighted by Gasteiger charge is 2.23. The summed E-state index contributed by atoms with van der Waals surface area (Å²) in [5.41, 5.74) is 11.7. The Morgan fingerprint density at radius 1 is 0.734 bits per heavy atom. The molecule has 348 valence electrons. The highest BCUT2D eigenvalue weighted by molar-refractivity contribution is 5.88. The molecule has 17 nitrogen and oxygen atoms in total. The highest BCUT2D eigenvalue weighted by atomic mass is 16.6. The highest BCUT2D eigenvalue weighted by Crippen LogP contribution is 2.28. The predicted molar refractivity (Wildman–Crippen MR) is 249 cm³/mol. The Morgan fingerprint density at radius 3 is 1.67 bits per heavy atom. The van der Waals surface area contributed by atoms with Crippen LogP contribution in [0.3, 0.4) is 0 Å². The summed E-state index contributed by atoms with van der Waals surface area (Å²) in [6, 6.07) is 23.3. The Morgan fingerprint density at radius 2 is 1.19 bits per heavy atom. The third-order valence-corrected chi connectivity index (χ3v) is 10.3. The summed E-state index contributed by atoms with van der Waals surface area (Å²) in [6.45, 7) is 14.1. The molecule has 9 N–H and O–H groups in total. The number of nitrogens with zero attached hydrogens (tertiary/aromatic N) is 2. The molecule has 6 aromatic rings. The van der Waals surface area contributed by atoms with Gasteiger partial charge in [-0.15, -0.1) is 0 Å². The molecule has 0 aliphatic carbocycles. The van der Waals surface area contributed by atoms with Crippen LogP contribution in [0.5, 0.6) is 17.2 Å². The lowest BCUT2D eigenvalue weighted by molar-refractivity contribution is 0.0525. The van der Waals surface area contributed by atoms with Crippen molar-refractivity contribution in [3.05, 3.63) is 89.9 Å². The Labute approximate surface area is 374 Å². The lowest BCUT2D eigenvalue weighted by Gasteiger charge is -2.27. The number of benzene rings is 3. The molecule has 3 aromatic heterocycles. The van der Waals surface area contributed by atoms with E-state index in [0.717, 1.165) is 67.9 Å². The zero-order valence-electron chi connectivity index (χ0n) is 36.4. The average molecular weight is 887 g/mol. The number of rotatable bonds is 11. The van der Waals surface area contributed by atoms with Gasteiger partial charge in [0.25, 0.3) is 0 Å². The van der Waals surface area contributed by atoms with E-state index in [2.05, 4.69) is 37.7 Å². The number of amides is 4. The zero-order valence-corrected chi connectivity index (χ0v) is 36.4. The minimum Gasteiger partial charge on any atom is -0.507 e. The number of ether oxygens (including phenoxy) is 5. The maximum absolute atomic E-state index is 12.0. The number of carbonyl (C=O) groups is 2. The van der Waals surface area contributed by atoms with Crippen LogP contribution < -0.4 is 25.8 Å². The van der Waals surface area contributed by atoms with E-state index >= 15 is 0 Å². The van der Waals surface area contributed by atoms with Crippen LogP contribution in [-0.4, -0.2) is 151 Å². The first kappa shape index (κ1) is 49.0. The number of aliphatic hydroxyl groups is 1. The number of fused-ring (bicyclic) bond motifs is 3. The molecular weight excluding hydrogens is 821 g/mol. The fourth-order valence-electron chi connectivity index (χ4n) is 6.96. The van der Waals surface area contributed by atoms with E-state index in [1.807, 2.05) is 75.4 Å². The second-order valence-corrected chi connectivity index (χ2v) is 15.5. The Bertz CT molecular complexity index is 2340. The molecule has 3 aliphatic heterocycles. The van der Waals surface area contributed by atoms with Gasteiger partial charge in [-0.05, 0) is 81.8 Å². The third kappa shape index (κ3) is 14.8. The van der Waals surface area contributed by atoms with E-state index in [1.54, 1.807) is 15.9 Å². The van der Waals surface area contributed by atoms with Gasteiger partial charge in [0.1, 0.15) is 36.6 Å². The van der Waals surface area contributed by atoms with Gasteiger partial charge in [0.15, 0.2) is 0 Å². The molecule has 17 heteroatoms. The van der Waals surface area contributed by atoms with Crippen LogP contribution in [0.15, 0.2) is 72.8 Å². The van der Waals surface area contributed by atoms with Gasteiger partial charge < -0.3 is 75.0 Å². The molecule has 3 fully saturated rings. The number of morpholine rings is 2. The van der Waals surface area contributed by atoms with Crippen LogP contribution in [0.4, 0.5) is 9.59 Å². The standard InChI is InChI=1S/C18H25N3O4.C12H13NO2.C9H9NO.C7H15N3O2.CH4/c1-13-11-15-16(20-13)3-2-4-17(15)25-12-14(22)5-6-19-18(23)21-7-9-24-10-8-21;1-8-5-10-11(13-8)3-2-4-12(10)15-7-9-6-14-9;1-6-5-7-8(10-6)3-2-4-9(7)11;8-1-2-9-7(11)10-3-5-12-6-4-10;/h2-4,11,14,20,22H,5-10,12H2,1H3,(H,19,23);2-5,9,13H,6-7H2,1H3;2-5,10-11H,1H3;1-6,8H2,(H,9,11);1H4/t14-;;;;/m0..../s1. The number of phenols is 1. The summed E-state index contributed by atoms with van der Waals surface area (Å²) in [5, 5.41) is 28.0. The Kier molecular flexibility index (Phi) is 19.0. The van der Waals surface area contributed by atoms with Crippen LogP contribution in [0.1, 0.15) is 30.9 Å². The number of hydrogen-bond donors (Lipinski definition) is 8. The summed E-state index contributed by atoms with van der Waals surface area (Å²) in [5.74, 6) is 2.03. The monoisotopic (exact) mass is 886 g/mol. The van der Waals surface area contributed by atoms with Crippen molar-refractivity contribution in [3.63, 3.8) is 0 Å². The van der Waals surface area contributed by atoms with Crippen molar-refractivity contribution in [3.8, 4) is 17.2 Å². The lowest BCUT2D eigenvalue weighted by atomic mass is 10.2. The van der Waals surface area contributed by atoms with Crippen LogP contribution in [0.25, 0.3) is 32.7 Å². The number of aromatic nitrogens is 3. The minimum atomic E-state index is -0.639. The smallest absolute Gasteiger partial charge is 0.317 e. The van der Waals surface area contributed by atoms with Gasteiger partial charge in [0, 0.05) is 95.6 Å². The van der Waals surface area contributed by atoms with Crippen molar-refractivity contribution in [1.82, 2.24) is 35.4 Å². The number of nitrogens with two attached hydrogens (primary N) is 1. The van der Waals surface area contributed by atoms with E-state index < -0.39 is 6.10 Å². The molecule has 0 saturated carbocycles. The summed E-state index contributed by atoms with van der Waals surface area (Å²) in [7, 11) is 0. The summed E-state index contributed by atoms with van der Waals surface area (Å²) in [4.78, 5) is 36.4. The molecule has 3 saturated heterocycles. The van der Waals surface area contributed by atoms with Gasteiger partial charge in [-0.3, -0.25) is 0 Å². The van der Waals surface area contributed by atoms with E-state index in [4.69, 9.17) is 29.4 Å². The molecule has 3 aliphatic rings. The molecule has 0 radical (unpaired) electrons. The molecule has 1 unspecified atom stereocenters. The average Bonchev–Trinajstić information content (AvgIpc) is 3.72. The second kappa shape index (κ2) is 24.8. The molecular formula is C47H66N8O9. The summed E-state index contributed by atoms with van der Waals surface area (Å²) < 4.78 is 26.9. The molecule has 9 rings (SSSR count). The van der Waals surface area contributed by atoms with Crippen LogP contribution in [0, 0.1) is 20.8 Å². The number of carbonyl (C=O) groups excluding carboxylic acids is 2. The van der Waals surface area contributed by atoms with Crippen molar-refractivity contribution in [2.45, 2.75) is 46.8 Å². The topological polar surface area (TPSA) is 228 Å². The number of aromatic amines is 3. The number of aliphatic hydroxyl groups excluding tert-OH is 1. The molecule has 3 aromatic carbocycles. The largest absolute Gasteiger partial charge is 0.507 e. The van der Waals surface area contributed by atoms with Crippen molar-refractivity contribution < 1.29 is 43.5 Å². The first-order valence-corrected chi connectivity index (χ1v) is 21.5. The van der Waals surface area contributed by atoms with Crippen molar-refractivity contribution in [2.24, 2.45) is 5.73 Å². The van der Waals surface area contributed by atoms with Crippen molar-refractivity contribution >= 4 is 44.8 Å². The van der Waals surface area contributed by atoms with Crippen molar-refractivity contribution in [1.29, 1.82) is 0 Å². The number of H-pyrrole nitrogens is 3. The van der Waals surface area contributed by atoms with Gasteiger partial charge in [-0.2, -0.15) is 0 Å². The van der Waals surface area contributed by atoms with Crippen LogP contribution in [0.2, 0.25) is 0 Å². The van der Waals surface area contributed by atoms with Gasteiger partial charge in [-0.25, -0.2) is 9.59 Å². The number of hydrogen-bond acceptors (Lipinski definition) is 10. The predicted octanol–water partition coefficient (Wildman–Crippen LogP) is 5.71. The number of epoxide rings is 1. The normalized spacial score (nSPS) is 15.9. The summed E-state index contributed by atoms with van der Waals surface area (Å²) >= 11 is 0. The minimum absolute atomic E-state index is 0. The molecule has 4 amide bonds. The molecule has 0 spiro atoms. The van der Waals surface area contributed by atoms with Crippen LogP contribution in [-0.2, 0) is 14.2 Å². The number of phenolic OH excluding ortho intramolecular Hbond substituents is 1. The van der Waals surface area contributed by atoms with Crippen molar-refractivity contribution in [2.75, 3.05) is 92.1 Å². The summed E-state index contributed by atoms with van der Waals surface area (Å²) in [6.07, 6.45) is 0.110. The first-order valence-electron chi connectivity index (χ1n) is 21.5. The molecule has 64 heavy (non-hydrogen) atoms. The SMILES string of the molecule is C.Cc1cc2c(O)cccc2[nH]1.Cc1cc2c(OCC3CO3)cccc2[nH]1.Cc1cc2c(OC[C@@H](O)CCNC(=O)N3CCOCC3)cccc2[nH]1.NCCNC(=O)N1CCOCC1. The number of urea groups is 2. The lowest BCUT2D eigenvalue weighted by Crippen LogP contribution is -2.47. The second-order valence-electron chi connectivity index (χ2n) is 15.5. The van der Waals surface area contributed by atoms with Crippen LogP contribution >= 0.6 is 0 Å². The zero-order chi connectivity index (χ0) is 44.6. The molecule has 6 heterocycles. The Hall–Kier alpha value is -5.98. The molecule has 2 atom stereocenters. The van der Waals surface area contributed by atoms with Gasteiger partial charge in [0.05, 0.1) is 39.1 Å². The van der Waals surface area contributed by atoms with E-state index in [0.29, 0.717) is 97.1 Å². The maximum Gasteiger partial charge on any atom is 0.317 e. The molecule has 0 bridgehead atoms. The number of aromatic hydroxyl groups is 1. The number of nitrogens with one attached hydrogen (secondary N) is 5. The quantitative estimate of drug-likeness (QED) is 0.0740. The van der Waals surface area contributed by atoms with E-state index in [1.165, 1.54) is 0 Å². The van der Waals surface area contributed by atoms with Gasteiger partial charge in [0.2, 0.25) is 0 Å². The van der Waals surface area contributed by atoms with E-state index in [-0.39, 0.29) is 26.1 Å². The van der Waals surface area contributed by atoms with E-state index in [9.17, 15) is 19.8 Å². The Balaban J connectivity index is 0.000000170. The first-order chi connectivity index (χ1) is 30.6. The third-order valence-electron chi connectivity index (χ3n) is 10.3.